The Bertz CT molecular complexity index is 1550. The maximum atomic E-state index is 13.8. The van der Waals surface area contributed by atoms with Gasteiger partial charge in [0, 0.05) is 43.7 Å². The maximum absolute atomic E-state index is 13.8. The fourth-order valence-electron chi connectivity index (χ4n) is 5.76. The third-order valence-electron chi connectivity index (χ3n) is 8.31. The first kappa shape index (κ1) is 35.9. The minimum absolute atomic E-state index is 0.0963. The van der Waals surface area contributed by atoms with Crippen molar-refractivity contribution >= 4 is 5.78 Å². The van der Waals surface area contributed by atoms with Gasteiger partial charge in [-0.05, 0) is 62.6 Å². The van der Waals surface area contributed by atoms with E-state index < -0.39 is 17.2 Å². The summed E-state index contributed by atoms with van der Waals surface area (Å²) in [5, 5.41) is 7.77. The Balaban J connectivity index is 1.99. The molecule has 3 rings (SSSR count). The zero-order chi connectivity index (χ0) is 34.1. The minimum atomic E-state index is -0.633. The third-order valence-corrected chi connectivity index (χ3v) is 8.31. The number of azide groups is 2. The predicted octanol–water partition coefficient (Wildman–Crippen LogP) is 9.20. The van der Waals surface area contributed by atoms with E-state index in [2.05, 4.69) is 33.1 Å². The molecule has 0 N–H and O–H groups in total. The van der Waals surface area contributed by atoms with E-state index >= 15 is 0 Å². The summed E-state index contributed by atoms with van der Waals surface area (Å²) in [6.07, 6.45) is 5.68. The molecular formula is C34H46N6O6. The molecule has 1 aliphatic heterocycles. The van der Waals surface area contributed by atoms with Gasteiger partial charge < -0.3 is 23.7 Å². The monoisotopic (exact) mass is 634 g/mol. The van der Waals surface area contributed by atoms with E-state index in [4.69, 9.17) is 34.7 Å². The molecule has 1 aliphatic rings. The first-order valence-corrected chi connectivity index (χ1v) is 15.3. The summed E-state index contributed by atoms with van der Waals surface area (Å²) < 4.78 is 29.5. The molecule has 0 saturated heterocycles. The molecule has 12 nitrogen and oxygen atoms in total. The summed E-state index contributed by atoms with van der Waals surface area (Å²) in [5.41, 5.74) is 20.7. The molecule has 1 atom stereocenters. The van der Waals surface area contributed by atoms with Crippen LogP contribution in [0.1, 0.15) is 99.9 Å². The molecular weight excluding hydrogens is 588 g/mol. The van der Waals surface area contributed by atoms with Crippen LogP contribution in [0.3, 0.4) is 0 Å². The quantitative estimate of drug-likeness (QED) is 0.0774. The Labute approximate surface area is 271 Å². The summed E-state index contributed by atoms with van der Waals surface area (Å²) in [6, 6.07) is 5.48. The van der Waals surface area contributed by atoms with Crippen LogP contribution < -0.4 is 23.7 Å². The highest BCUT2D eigenvalue weighted by Crippen LogP contribution is 2.48. The Kier molecular flexibility index (Phi) is 12.2. The largest absolute Gasteiger partial charge is 0.496 e. The number of methoxy groups -OCH3 is 4. The first-order valence-electron chi connectivity index (χ1n) is 15.3. The number of fused-ring (bicyclic) bond motifs is 1. The Morgan fingerprint density at radius 1 is 0.935 bits per heavy atom. The lowest BCUT2D eigenvalue weighted by molar-refractivity contribution is 0.0842. The number of hydrogen-bond donors (Lipinski definition) is 0. The molecule has 0 unspecified atom stereocenters. The van der Waals surface area contributed by atoms with Gasteiger partial charge in [-0.3, -0.25) is 4.79 Å². The van der Waals surface area contributed by atoms with Crippen LogP contribution in [0.25, 0.3) is 20.9 Å². The van der Waals surface area contributed by atoms with Crippen molar-refractivity contribution < 1.29 is 28.5 Å². The molecule has 0 amide bonds. The van der Waals surface area contributed by atoms with E-state index in [1.807, 2.05) is 39.8 Å². The van der Waals surface area contributed by atoms with Crippen molar-refractivity contribution in [3.63, 3.8) is 0 Å². The molecule has 2 aromatic carbocycles. The molecule has 0 radical (unpaired) electrons. The fraction of sp³-hybridized carbons (Fsp3) is 0.559. The minimum Gasteiger partial charge on any atom is -0.496 e. The Morgan fingerprint density at radius 3 is 2.15 bits per heavy atom. The first-order chi connectivity index (χ1) is 21.8. The summed E-state index contributed by atoms with van der Waals surface area (Å²) in [4.78, 5) is 19.8. The molecule has 0 spiro atoms. The van der Waals surface area contributed by atoms with Gasteiger partial charge in [0.25, 0.3) is 0 Å². The second-order valence-electron chi connectivity index (χ2n) is 12.7. The molecule has 0 aliphatic carbocycles. The van der Waals surface area contributed by atoms with Crippen molar-refractivity contribution in [2.24, 2.45) is 10.2 Å². The van der Waals surface area contributed by atoms with Gasteiger partial charge in [-0.1, -0.05) is 55.6 Å². The average molecular weight is 635 g/mol. The zero-order valence-corrected chi connectivity index (χ0v) is 28.5. The second-order valence-corrected chi connectivity index (χ2v) is 12.7. The van der Waals surface area contributed by atoms with Crippen molar-refractivity contribution in [3.05, 3.63) is 73.0 Å². The van der Waals surface area contributed by atoms with Crippen molar-refractivity contribution in [2.75, 3.05) is 28.4 Å². The number of benzene rings is 2. The topological polar surface area (TPSA) is 161 Å². The van der Waals surface area contributed by atoms with Gasteiger partial charge in [-0.25, -0.2) is 0 Å². The zero-order valence-electron chi connectivity index (χ0n) is 28.5. The van der Waals surface area contributed by atoms with Crippen molar-refractivity contribution in [3.8, 4) is 28.7 Å². The van der Waals surface area contributed by atoms with Crippen molar-refractivity contribution in [1.82, 2.24) is 0 Å². The van der Waals surface area contributed by atoms with Gasteiger partial charge in [0.1, 0.15) is 28.9 Å². The fourth-order valence-corrected chi connectivity index (χ4v) is 5.76. The normalized spacial score (nSPS) is 14.8. The van der Waals surface area contributed by atoms with Gasteiger partial charge in [-0.2, -0.15) is 0 Å². The van der Waals surface area contributed by atoms with E-state index in [1.165, 1.54) is 12.7 Å². The van der Waals surface area contributed by atoms with Crippen LogP contribution in [0.2, 0.25) is 0 Å². The van der Waals surface area contributed by atoms with Crippen molar-refractivity contribution in [2.45, 2.75) is 96.7 Å². The van der Waals surface area contributed by atoms with Crippen LogP contribution in [0, 0.1) is 0 Å². The second kappa shape index (κ2) is 15.7. The molecule has 248 valence electrons. The molecule has 12 heteroatoms. The predicted molar refractivity (Wildman–Crippen MR) is 177 cm³/mol. The molecule has 0 fully saturated rings. The highest BCUT2D eigenvalue weighted by atomic mass is 16.5. The van der Waals surface area contributed by atoms with E-state index in [-0.39, 0.29) is 12.2 Å². The SMILES string of the molecule is COc1cc2c(c(OC)c1CCC(C)(C)N=[N+]=[N-])C(=O)C[C@@H](c1ccc(OC)c(OC)c1C/C=C(\C)CCCC(C)(C)N=[N+]=[N-])O2. The number of ketones is 1. The average Bonchev–Trinajstić information content (AvgIpc) is 3.01. The summed E-state index contributed by atoms with van der Waals surface area (Å²) in [7, 11) is 6.27. The Morgan fingerprint density at radius 2 is 1.57 bits per heavy atom. The molecule has 46 heavy (non-hydrogen) atoms. The van der Waals surface area contributed by atoms with Crippen LogP contribution in [-0.4, -0.2) is 45.3 Å². The Hall–Kier alpha value is -4.53. The maximum Gasteiger partial charge on any atom is 0.174 e. The lowest BCUT2D eigenvalue weighted by atomic mass is 9.88. The van der Waals surface area contributed by atoms with Crippen LogP contribution in [0.15, 0.2) is 40.1 Å². The molecule has 0 saturated carbocycles. The molecule has 0 aromatic heterocycles. The van der Waals surface area contributed by atoms with Gasteiger partial charge in [0.05, 0.1) is 34.9 Å². The van der Waals surface area contributed by atoms with Crippen LogP contribution >= 0.6 is 0 Å². The number of rotatable bonds is 16. The summed E-state index contributed by atoms with van der Waals surface area (Å²) in [5.74, 6) is 2.37. The third kappa shape index (κ3) is 8.59. The van der Waals surface area contributed by atoms with E-state index in [9.17, 15) is 4.79 Å². The number of Topliss-reactive ketones (excluding diaryl/α,β-unsaturated/α-hetero) is 1. The lowest BCUT2D eigenvalue weighted by Gasteiger charge is -2.30. The summed E-state index contributed by atoms with van der Waals surface area (Å²) >= 11 is 0. The van der Waals surface area contributed by atoms with Crippen LogP contribution in [0.5, 0.6) is 28.7 Å². The molecule has 2 aromatic rings. The highest BCUT2D eigenvalue weighted by Gasteiger charge is 2.35. The number of allylic oxidation sites excluding steroid dienone is 2. The van der Waals surface area contributed by atoms with Gasteiger partial charge in [-0.15, -0.1) is 0 Å². The summed E-state index contributed by atoms with van der Waals surface area (Å²) in [6.45, 7) is 9.65. The van der Waals surface area contributed by atoms with Crippen LogP contribution in [-0.2, 0) is 12.8 Å². The van der Waals surface area contributed by atoms with E-state index in [0.717, 1.165) is 36.0 Å². The van der Waals surface area contributed by atoms with Gasteiger partial charge in [0.15, 0.2) is 17.3 Å². The molecule has 0 bridgehead atoms. The van der Waals surface area contributed by atoms with E-state index in [0.29, 0.717) is 53.6 Å². The smallest absolute Gasteiger partial charge is 0.174 e. The van der Waals surface area contributed by atoms with Crippen LogP contribution in [0.4, 0.5) is 0 Å². The number of carbonyl (C=O) groups excluding carboxylic acids is 1. The number of hydrogen-bond acceptors (Lipinski definition) is 8. The van der Waals surface area contributed by atoms with Crippen molar-refractivity contribution in [1.29, 1.82) is 0 Å². The van der Waals surface area contributed by atoms with Gasteiger partial charge in [0.2, 0.25) is 0 Å². The standard InChI is InChI=1S/C34H46N6O6/c1-21(11-10-17-33(2,3)37-39-35)12-13-23-22(14-15-26(42-6)31(23)44-8)28-19-25(41)30-29(46-28)20-27(43-7)24(32(30)45-9)16-18-34(4,5)38-40-36/h12,14-15,20,28H,10-11,13,16-19H2,1-9H3/b21-12+/t28-/m0/s1. The van der Waals surface area contributed by atoms with E-state index in [1.54, 1.807) is 27.4 Å². The number of carbonyl (C=O) groups is 1. The van der Waals surface area contributed by atoms with Gasteiger partial charge >= 0.3 is 0 Å². The number of ether oxygens (including phenoxy) is 5. The highest BCUT2D eigenvalue weighted by molar-refractivity contribution is 6.03. The number of nitrogens with zero attached hydrogens (tertiary/aromatic N) is 6. The lowest BCUT2D eigenvalue weighted by Crippen LogP contribution is -2.23. The molecule has 1 heterocycles.